The van der Waals surface area contributed by atoms with Crippen LogP contribution < -0.4 is 15.0 Å². The molecule has 1 aromatic heterocycles. The summed E-state index contributed by atoms with van der Waals surface area (Å²) >= 11 is 0. The molecular formula is C26H30F2N4O3. The summed E-state index contributed by atoms with van der Waals surface area (Å²) < 4.78 is 41.3. The Morgan fingerprint density at radius 1 is 1.17 bits per heavy atom. The number of alkyl halides is 1. The minimum atomic E-state index is -1.10. The van der Waals surface area contributed by atoms with Gasteiger partial charge in [-0.05, 0) is 69.1 Å². The molecule has 4 atom stereocenters. The van der Waals surface area contributed by atoms with E-state index in [0.717, 1.165) is 41.8 Å². The second kappa shape index (κ2) is 9.93. The summed E-state index contributed by atoms with van der Waals surface area (Å²) in [7, 11) is 1.46. The van der Waals surface area contributed by atoms with E-state index < -0.39 is 12.6 Å². The number of hydrogen-bond acceptors (Lipinski definition) is 6. The van der Waals surface area contributed by atoms with Gasteiger partial charge in [0.25, 0.3) is 0 Å². The smallest absolute Gasteiger partial charge is 0.237 e. The fourth-order valence-electron chi connectivity index (χ4n) is 5.01. The first-order valence-corrected chi connectivity index (χ1v) is 11.9. The molecule has 35 heavy (non-hydrogen) atoms. The highest BCUT2D eigenvalue weighted by Gasteiger charge is 2.32. The molecule has 0 aliphatic carbocycles. The van der Waals surface area contributed by atoms with E-state index >= 15 is 0 Å². The van der Waals surface area contributed by atoms with Gasteiger partial charge in [-0.1, -0.05) is 0 Å². The topological polar surface area (TPSA) is 71.8 Å². The summed E-state index contributed by atoms with van der Waals surface area (Å²) in [5, 5.41) is 18.1. The van der Waals surface area contributed by atoms with E-state index in [1.807, 2.05) is 30.2 Å². The Balaban J connectivity index is 1.59. The highest BCUT2D eigenvalue weighted by Crippen LogP contribution is 2.45. The van der Waals surface area contributed by atoms with Crippen LogP contribution in [0.3, 0.4) is 0 Å². The lowest BCUT2D eigenvalue weighted by Crippen LogP contribution is -2.46. The lowest BCUT2D eigenvalue weighted by Gasteiger charge is -2.40. The first-order valence-electron chi connectivity index (χ1n) is 11.9. The van der Waals surface area contributed by atoms with Crippen molar-refractivity contribution < 1.29 is 23.4 Å². The minimum absolute atomic E-state index is 0.0612. The number of aliphatic hydroxyl groups is 1. The Hall–Kier alpha value is -3.01. The van der Waals surface area contributed by atoms with Crippen molar-refractivity contribution in [2.75, 3.05) is 25.1 Å². The van der Waals surface area contributed by atoms with Crippen LogP contribution in [0, 0.1) is 5.82 Å². The number of aliphatic hydroxyl groups excluding tert-OH is 1. The van der Waals surface area contributed by atoms with Crippen molar-refractivity contribution >= 4 is 5.69 Å². The fraction of sp³-hybridized carbons (Fsp3) is 0.423. The lowest BCUT2D eigenvalue weighted by atomic mass is 9.92. The SMILES string of the molecule is COC(O)N1c2ccc(-c3cnn([C@@H]4CCNC[C@@H]4F)c3)c(Oc3ccc(F)cc3)c2CC[C@@H]1C. The van der Waals surface area contributed by atoms with Gasteiger partial charge in [-0.25, -0.2) is 8.78 Å². The van der Waals surface area contributed by atoms with Crippen molar-refractivity contribution in [3.63, 3.8) is 0 Å². The maximum atomic E-state index is 14.5. The zero-order valence-corrected chi connectivity index (χ0v) is 19.8. The highest BCUT2D eigenvalue weighted by atomic mass is 19.1. The molecule has 1 unspecified atom stereocenters. The van der Waals surface area contributed by atoms with Gasteiger partial charge in [0.15, 0.2) is 0 Å². The van der Waals surface area contributed by atoms with Gasteiger partial charge in [0, 0.05) is 48.3 Å². The standard InChI is InChI=1S/C26H30F2N4O3/c1-16-3-8-21-23(32(16)26(33)34-2)10-9-20(25(21)35-19-6-4-18(27)5-7-19)17-13-30-31(15-17)24-11-12-29-14-22(24)28/h4-7,9-10,13,15-16,22,24,26,29,33H,3,8,11-12,14H2,1-2H3/t16-,22-,24+,26?/m0/s1. The lowest BCUT2D eigenvalue weighted by molar-refractivity contribution is -0.0795. The summed E-state index contributed by atoms with van der Waals surface area (Å²) in [5.74, 6) is 0.754. The molecule has 9 heteroatoms. The second-order valence-electron chi connectivity index (χ2n) is 9.14. The molecule has 186 valence electrons. The van der Waals surface area contributed by atoms with Crippen molar-refractivity contribution in [2.45, 2.75) is 50.9 Å². The quantitative estimate of drug-likeness (QED) is 0.505. The average molecular weight is 485 g/mol. The van der Waals surface area contributed by atoms with E-state index in [1.54, 1.807) is 23.0 Å². The van der Waals surface area contributed by atoms with Gasteiger partial charge >= 0.3 is 0 Å². The number of aromatic nitrogens is 2. The first-order chi connectivity index (χ1) is 17.0. The van der Waals surface area contributed by atoms with Crippen LogP contribution in [0.4, 0.5) is 14.5 Å². The van der Waals surface area contributed by atoms with Crippen LogP contribution in [0.25, 0.3) is 11.1 Å². The van der Waals surface area contributed by atoms with Crippen LogP contribution in [0.15, 0.2) is 48.8 Å². The van der Waals surface area contributed by atoms with E-state index in [0.29, 0.717) is 24.5 Å². The molecule has 7 nitrogen and oxygen atoms in total. The van der Waals surface area contributed by atoms with Gasteiger partial charge in [-0.15, -0.1) is 0 Å². The molecule has 2 aromatic carbocycles. The number of nitrogens with one attached hydrogen (secondary N) is 1. The molecule has 1 fully saturated rings. The summed E-state index contributed by atoms with van der Waals surface area (Å²) in [6.07, 6.45) is 3.64. The number of nitrogens with zero attached hydrogens (tertiary/aromatic N) is 3. The normalized spacial score (nSPS) is 23.1. The molecule has 2 aliphatic rings. The molecule has 5 rings (SSSR count). The third-order valence-corrected chi connectivity index (χ3v) is 6.91. The van der Waals surface area contributed by atoms with Crippen molar-refractivity contribution in [1.82, 2.24) is 15.1 Å². The number of rotatable bonds is 6. The monoisotopic (exact) mass is 484 g/mol. The highest BCUT2D eigenvalue weighted by molar-refractivity contribution is 5.78. The third-order valence-electron chi connectivity index (χ3n) is 6.91. The number of anilines is 1. The summed E-state index contributed by atoms with van der Waals surface area (Å²) in [6.45, 7) is 3.09. The van der Waals surface area contributed by atoms with Crippen LogP contribution in [-0.2, 0) is 11.2 Å². The summed E-state index contributed by atoms with van der Waals surface area (Å²) in [5.41, 5.74) is 3.32. The summed E-state index contributed by atoms with van der Waals surface area (Å²) in [6, 6.07) is 9.47. The number of hydrogen-bond donors (Lipinski definition) is 2. The zero-order chi connectivity index (χ0) is 24.5. The molecule has 0 amide bonds. The number of ether oxygens (including phenoxy) is 2. The molecule has 0 spiro atoms. The number of benzene rings is 2. The molecule has 2 aliphatic heterocycles. The molecule has 0 saturated carbocycles. The van der Waals surface area contributed by atoms with Crippen molar-refractivity contribution in [2.24, 2.45) is 0 Å². The third kappa shape index (κ3) is 4.63. The molecular weight excluding hydrogens is 454 g/mol. The van der Waals surface area contributed by atoms with E-state index in [1.165, 1.54) is 19.2 Å². The first kappa shape index (κ1) is 23.7. The van der Waals surface area contributed by atoms with Crippen LogP contribution in [0.5, 0.6) is 11.5 Å². The van der Waals surface area contributed by atoms with E-state index in [-0.39, 0.29) is 17.9 Å². The van der Waals surface area contributed by atoms with Gasteiger partial charge in [-0.2, -0.15) is 5.10 Å². The molecule has 0 bridgehead atoms. The van der Waals surface area contributed by atoms with E-state index in [2.05, 4.69) is 10.4 Å². The molecule has 1 saturated heterocycles. The van der Waals surface area contributed by atoms with Crippen LogP contribution in [0.2, 0.25) is 0 Å². The number of piperidine rings is 1. The summed E-state index contributed by atoms with van der Waals surface area (Å²) in [4.78, 5) is 1.83. The number of fused-ring (bicyclic) bond motifs is 1. The maximum absolute atomic E-state index is 14.5. The molecule has 0 radical (unpaired) electrons. The molecule has 2 N–H and O–H groups in total. The van der Waals surface area contributed by atoms with Crippen molar-refractivity contribution in [3.05, 3.63) is 60.2 Å². The van der Waals surface area contributed by atoms with Crippen LogP contribution >= 0.6 is 0 Å². The van der Waals surface area contributed by atoms with Gasteiger partial charge in [-0.3, -0.25) is 4.68 Å². The zero-order valence-electron chi connectivity index (χ0n) is 19.8. The van der Waals surface area contributed by atoms with Crippen molar-refractivity contribution in [3.8, 4) is 22.6 Å². The Morgan fingerprint density at radius 3 is 2.71 bits per heavy atom. The Kier molecular flexibility index (Phi) is 6.73. The largest absolute Gasteiger partial charge is 0.456 e. The average Bonchev–Trinajstić information content (AvgIpc) is 3.35. The van der Waals surface area contributed by atoms with Gasteiger partial charge in [0.1, 0.15) is 23.5 Å². The van der Waals surface area contributed by atoms with E-state index in [9.17, 15) is 13.9 Å². The van der Waals surface area contributed by atoms with Crippen LogP contribution in [0.1, 0.15) is 31.4 Å². The van der Waals surface area contributed by atoms with Gasteiger partial charge in [0.05, 0.1) is 12.2 Å². The molecule has 3 aromatic rings. The molecule has 3 heterocycles. The predicted molar refractivity (Wildman–Crippen MR) is 129 cm³/mol. The number of methoxy groups -OCH3 is 1. The second-order valence-corrected chi connectivity index (χ2v) is 9.14. The van der Waals surface area contributed by atoms with E-state index in [4.69, 9.17) is 9.47 Å². The predicted octanol–water partition coefficient (Wildman–Crippen LogP) is 4.42. The Labute approximate surface area is 203 Å². The van der Waals surface area contributed by atoms with Crippen molar-refractivity contribution in [1.29, 1.82) is 0 Å². The Morgan fingerprint density at radius 2 is 1.97 bits per heavy atom. The van der Waals surface area contributed by atoms with Gasteiger partial charge < -0.3 is 24.8 Å². The maximum Gasteiger partial charge on any atom is 0.237 e. The van der Waals surface area contributed by atoms with Crippen LogP contribution in [-0.4, -0.2) is 53.7 Å². The van der Waals surface area contributed by atoms with Gasteiger partial charge in [0.2, 0.25) is 6.41 Å². The fourth-order valence-corrected chi connectivity index (χ4v) is 5.01. The number of halogens is 2. The minimum Gasteiger partial charge on any atom is -0.456 e. The Bertz CT molecular complexity index is 1170.